The minimum Gasteiger partial charge on any atom is -0.301 e. The molecular formula is C23H26N4. The second kappa shape index (κ2) is 6.38. The Morgan fingerprint density at radius 3 is 1.93 bits per heavy atom. The summed E-state index contributed by atoms with van der Waals surface area (Å²) in [5.74, 6) is 1.87. The number of nitrogens with zero attached hydrogens (tertiary/aromatic N) is 4. The van der Waals surface area contributed by atoms with Crippen molar-refractivity contribution >= 4 is 23.0 Å². The van der Waals surface area contributed by atoms with Crippen LogP contribution in [0.5, 0.6) is 0 Å². The number of aromatic nitrogens is 2. The molecule has 0 spiro atoms. The van der Waals surface area contributed by atoms with Gasteiger partial charge in [0, 0.05) is 29.2 Å². The highest BCUT2D eigenvalue weighted by atomic mass is 15.5. The largest absolute Gasteiger partial charge is 0.301 e. The van der Waals surface area contributed by atoms with Crippen LogP contribution in [0.15, 0.2) is 60.9 Å². The third kappa shape index (κ3) is 2.36. The molecule has 0 saturated carbocycles. The molecule has 27 heavy (non-hydrogen) atoms. The predicted octanol–water partition coefficient (Wildman–Crippen LogP) is 5.72. The van der Waals surface area contributed by atoms with Crippen LogP contribution in [0.1, 0.15) is 38.8 Å². The summed E-state index contributed by atoms with van der Waals surface area (Å²) in [6.07, 6.45) is 3.69. The van der Waals surface area contributed by atoms with Crippen molar-refractivity contribution < 1.29 is 0 Å². The van der Waals surface area contributed by atoms with Crippen LogP contribution in [0.25, 0.3) is 0 Å². The van der Waals surface area contributed by atoms with Crippen LogP contribution >= 0.6 is 0 Å². The predicted molar refractivity (Wildman–Crippen MR) is 112 cm³/mol. The summed E-state index contributed by atoms with van der Waals surface area (Å²) in [6.45, 7) is 10.8. The molecule has 0 aliphatic carbocycles. The van der Waals surface area contributed by atoms with Gasteiger partial charge in [-0.2, -0.15) is 0 Å². The molecule has 1 atom stereocenters. The number of benzene rings is 2. The lowest BCUT2D eigenvalue weighted by atomic mass is 9.83. The Hall–Kier alpha value is -2.88. The third-order valence-electron chi connectivity index (χ3n) is 5.48. The van der Waals surface area contributed by atoms with Gasteiger partial charge in [-0.1, -0.05) is 64.1 Å². The number of para-hydroxylation sites is 2. The highest BCUT2D eigenvalue weighted by Gasteiger charge is 2.54. The summed E-state index contributed by atoms with van der Waals surface area (Å²) in [7, 11) is 0. The van der Waals surface area contributed by atoms with E-state index in [4.69, 9.17) is 9.97 Å². The molecule has 0 saturated heterocycles. The van der Waals surface area contributed by atoms with Crippen molar-refractivity contribution in [2.24, 2.45) is 0 Å². The fraction of sp³-hybridized carbons (Fsp3) is 0.304. The molecule has 5 rings (SSSR count). The molecule has 3 heterocycles. The van der Waals surface area contributed by atoms with Gasteiger partial charge in [0.1, 0.15) is 6.17 Å². The van der Waals surface area contributed by atoms with Gasteiger partial charge in [0.15, 0.2) is 11.6 Å². The number of hydrogen-bond acceptors (Lipinski definition) is 4. The smallest absolute Gasteiger partial charge is 0.178 e. The van der Waals surface area contributed by atoms with Crippen molar-refractivity contribution in [3.63, 3.8) is 0 Å². The lowest BCUT2D eigenvalue weighted by Crippen LogP contribution is -2.46. The van der Waals surface area contributed by atoms with Crippen molar-refractivity contribution in [1.29, 1.82) is 0 Å². The molecule has 0 bridgehead atoms. The Kier molecular flexibility index (Phi) is 4.14. The standard InChI is InChI=1S/C21H20N4.C2H6/c1-14-8-4-6-10-16(14)24-18-19(23-13-12-22-18)25-17-11-7-5-9-15(17)21(2,3)20(24)25;1-2/h4-13,20H,1-3H3;1-2H3. The van der Waals surface area contributed by atoms with Gasteiger partial charge in [0.2, 0.25) is 0 Å². The maximum absolute atomic E-state index is 4.70. The molecule has 1 aromatic heterocycles. The zero-order chi connectivity index (χ0) is 19.2. The Balaban J connectivity index is 0.000000872. The summed E-state index contributed by atoms with van der Waals surface area (Å²) in [5, 5.41) is 0. The average molecular weight is 358 g/mol. The summed E-state index contributed by atoms with van der Waals surface area (Å²) in [5.41, 5.74) is 4.97. The molecule has 4 nitrogen and oxygen atoms in total. The van der Waals surface area contributed by atoms with Gasteiger partial charge in [-0.05, 0) is 30.2 Å². The number of hydrogen-bond donors (Lipinski definition) is 0. The topological polar surface area (TPSA) is 32.3 Å². The Morgan fingerprint density at radius 1 is 0.778 bits per heavy atom. The number of anilines is 4. The fourth-order valence-electron chi connectivity index (χ4n) is 4.35. The lowest BCUT2D eigenvalue weighted by Gasteiger charge is -2.36. The zero-order valence-electron chi connectivity index (χ0n) is 16.6. The second-order valence-electron chi connectivity index (χ2n) is 7.34. The van der Waals surface area contributed by atoms with Gasteiger partial charge in [-0.15, -0.1) is 0 Å². The van der Waals surface area contributed by atoms with E-state index < -0.39 is 0 Å². The molecule has 2 aliphatic heterocycles. The molecule has 3 aromatic rings. The highest BCUT2D eigenvalue weighted by Crippen LogP contribution is 2.57. The van der Waals surface area contributed by atoms with E-state index in [9.17, 15) is 0 Å². The van der Waals surface area contributed by atoms with Crippen LogP contribution in [-0.4, -0.2) is 16.1 Å². The van der Waals surface area contributed by atoms with Crippen molar-refractivity contribution in [1.82, 2.24) is 9.97 Å². The molecule has 0 N–H and O–H groups in total. The van der Waals surface area contributed by atoms with Crippen molar-refractivity contribution in [3.8, 4) is 0 Å². The van der Waals surface area contributed by atoms with Gasteiger partial charge >= 0.3 is 0 Å². The monoisotopic (exact) mass is 358 g/mol. The Labute approximate surface area is 161 Å². The number of fused-ring (bicyclic) bond motifs is 5. The lowest BCUT2D eigenvalue weighted by molar-refractivity contribution is 0.449. The molecule has 4 heteroatoms. The Morgan fingerprint density at radius 2 is 1.30 bits per heavy atom. The number of rotatable bonds is 1. The normalized spacial score (nSPS) is 18.3. The van der Waals surface area contributed by atoms with E-state index in [1.54, 1.807) is 12.4 Å². The summed E-state index contributed by atoms with van der Waals surface area (Å²) in [4.78, 5) is 14.1. The highest BCUT2D eigenvalue weighted by molar-refractivity contribution is 5.89. The first kappa shape index (κ1) is 17.5. The van der Waals surface area contributed by atoms with Crippen LogP contribution in [0.3, 0.4) is 0 Å². The van der Waals surface area contributed by atoms with Crippen LogP contribution in [0.4, 0.5) is 23.0 Å². The van der Waals surface area contributed by atoms with Gasteiger partial charge in [-0.25, -0.2) is 9.97 Å². The van der Waals surface area contributed by atoms with Crippen LogP contribution in [0.2, 0.25) is 0 Å². The first-order valence-electron chi connectivity index (χ1n) is 9.65. The minimum absolute atomic E-state index is 0.0543. The third-order valence-corrected chi connectivity index (χ3v) is 5.48. The van der Waals surface area contributed by atoms with E-state index in [1.165, 1.54) is 22.5 Å². The molecular weight excluding hydrogens is 332 g/mol. The average Bonchev–Trinajstić information content (AvgIpc) is 3.16. The minimum atomic E-state index is -0.0543. The van der Waals surface area contributed by atoms with Crippen LogP contribution in [-0.2, 0) is 5.41 Å². The molecule has 0 fully saturated rings. The maximum atomic E-state index is 4.70. The van der Waals surface area contributed by atoms with Crippen molar-refractivity contribution in [2.45, 2.75) is 46.2 Å². The van der Waals surface area contributed by atoms with Gasteiger partial charge in [0.05, 0.1) is 0 Å². The van der Waals surface area contributed by atoms with Gasteiger partial charge in [0.25, 0.3) is 0 Å². The quantitative estimate of drug-likeness (QED) is 0.557. The maximum Gasteiger partial charge on any atom is 0.178 e. The fourth-order valence-corrected chi connectivity index (χ4v) is 4.35. The first-order chi connectivity index (χ1) is 13.1. The van der Waals surface area contributed by atoms with Crippen LogP contribution in [0, 0.1) is 6.92 Å². The number of aryl methyl sites for hydroxylation is 1. The van der Waals surface area contributed by atoms with E-state index in [0.29, 0.717) is 0 Å². The molecule has 1 unspecified atom stereocenters. The van der Waals surface area contributed by atoms with E-state index in [1.807, 2.05) is 13.8 Å². The molecule has 138 valence electrons. The summed E-state index contributed by atoms with van der Waals surface area (Å²) in [6, 6.07) is 17.2. The first-order valence-corrected chi connectivity index (χ1v) is 9.65. The molecule has 0 amide bonds. The van der Waals surface area contributed by atoms with Crippen molar-refractivity contribution in [2.75, 3.05) is 9.80 Å². The van der Waals surface area contributed by atoms with E-state index >= 15 is 0 Å². The molecule has 2 aromatic carbocycles. The zero-order valence-corrected chi connectivity index (χ0v) is 16.6. The van der Waals surface area contributed by atoms with Crippen molar-refractivity contribution in [3.05, 3.63) is 72.1 Å². The Bertz CT molecular complexity index is 979. The SMILES string of the molecule is CC.Cc1ccccc1N1c2nccnc2N2c3ccccc3C(C)(C)C12. The molecule has 2 aliphatic rings. The second-order valence-corrected chi connectivity index (χ2v) is 7.34. The van der Waals surface area contributed by atoms with E-state index in [0.717, 1.165) is 11.6 Å². The van der Waals surface area contributed by atoms with E-state index in [2.05, 4.69) is 79.1 Å². The van der Waals surface area contributed by atoms with E-state index in [-0.39, 0.29) is 11.6 Å². The summed E-state index contributed by atoms with van der Waals surface area (Å²) >= 11 is 0. The van der Waals surface area contributed by atoms with Gasteiger partial charge in [-0.3, -0.25) is 0 Å². The summed E-state index contributed by atoms with van der Waals surface area (Å²) < 4.78 is 0. The van der Waals surface area contributed by atoms with Gasteiger partial charge < -0.3 is 9.80 Å². The van der Waals surface area contributed by atoms with Crippen LogP contribution < -0.4 is 9.80 Å². The molecule has 0 radical (unpaired) electrons.